The Kier molecular flexibility index (Phi) is 3.88. The van der Waals surface area contributed by atoms with E-state index in [9.17, 15) is 28.1 Å². The van der Waals surface area contributed by atoms with Crippen molar-refractivity contribution in [3.63, 3.8) is 0 Å². The molecule has 6 nitrogen and oxygen atoms in total. The molecule has 9 heteroatoms. The van der Waals surface area contributed by atoms with Gasteiger partial charge >= 0.3 is 6.18 Å². The number of alkyl halides is 3. The Balaban J connectivity index is 2.20. The smallest absolute Gasteiger partial charge is 0.288 e. The molecule has 1 aliphatic heterocycles. The van der Waals surface area contributed by atoms with Gasteiger partial charge in [-0.3, -0.25) is 20.3 Å². The molecule has 1 atom stereocenters. The van der Waals surface area contributed by atoms with Gasteiger partial charge in [0.05, 0.1) is 10.3 Å². The molecule has 0 bridgehead atoms. The zero-order valence-corrected chi connectivity index (χ0v) is 12.2. The van der Waals surface area contributed by atoms with Gasteiger partial charge in [-0.1, -0.05) is 24.3 Å². The molecule has 0 spiro atoms. The maximum Gasteiger partial charge on any atom is 0.409 e. The van der Waals surface area contributed by atoms with Gasteiger partial charge in [-0.2, -0.15) is 13.2 Å². The van der Waals surface area contributed by atoms with Crippen LogP contribution in [0.5, 0.6) is 0 Å². The summed E-state index contributed by atoms with van der Waals surface area (Å²) in [5.41, 5.74) is 1.80. The summed E-state index contributed by atoms with van der Waals surface area (Å²) in [6.07, 6.45) is -4.69. The first-order chi connectivity index (χ1) is 11.3. The summed E-state index contributed by atoms with van der Waals surface area (Å²) in [6, 6.07) is 5.96. The molecular formula is C15H12F3N3O3. The molecule has 24 heavy (non-hydrogen) atoms. The Labute approximate surface area is 134 Å². The summed E-state index contributed by atoms with van der Waals surface area (Å²) in [6.45, 7) is -0.0890. The molecule has 0 radical (unpaired) electrons. The van der Waals surface area contributed by atoms with E-state index in [1.807, 2.05) is 0 Å². The van der Waals surface area contributed by atoms with E-state index in [0.717, 1.165) is 5.01 Å². The second-order valence-electron chi connectivity index (χ2n) is 5.40. The standard InChI is InChI=1S/C15H12F3N3O3/c16-15(17,18)14(20-8-7-13(22)19-20)11-5-1-4-10-9(11)3-2-6-12(10)21(23)24/h1-6,14H,7-8H2,(H,19,22)/t14-/m0/s1. The molecule has 0 saturated carbocycles. The second kappa shape index (κ2) is 5.75. The van der Waals surface area contributed by atoms with Gasteiger partial charge in [0.25, 0.3) is 5.69 Å². The number of nitrogens with zero attached hydrogens (tertiary/aromatic N) is 2. The third-order valence-electron chi connectivity index (χ3n) is 3.89. The van der Waals surface area contributed by atoms with Crippen LogP contribution in [-0.4, -0.2) is 28.6 Å². The van der Waals surface area contributed by atoms with Crippen molar-refractivity contribution >= 4 is 22.4 Å². The first-order valence-electron chi connectivity index (χ1n) is 7.08. The number of halogens is 3. The quantitative estimate of drug-likeness (QED) is 0.689. The lowest BCUT2D eigenvalue weighted by Crippen LogP contribution is -2.43. The number of carbonyl (C=O) groups excluding carboxylic acids is 1. The highest BCUT2D eigenvalue weighted by Gasteiger charge is 2.47. The third kappa shape index (κ3) is 2.78. The Morgan fingerprint density at radius 2 is 1.83 bits per heavy atom. The third-order valence-corrected chi connectivity index (χ3v) is 3.89. The number of non-ortho nitro benzene ring substituents is 1. The van der Waals surface area contributed by atoms with E-state index in [1.165, 1.54) is 36.4 Å². The molecular weight excluding hydrogens is 327 g/mol. The Morgan fingerprint density at radius 1 is 1.17 bits per heavy atom. The van der Waals surface area contributed by atoms with Crippen molar-refractivity contribution in [3.8, 4) is 0 Å². The van der Waals surface area contributed by atoms with Crippen LogP contribution in [0.25, 0.3) is 10.8 Å². The lowest BCUT2D eigenvalue weighted by atomic mass is 9.97. The van der Waals surface area contributed by atoms with E-state index in [-0.39, 0.29) is 35.0 Å². The lowest BCUT2D eigenvalue weighted by molar-refractivity contribution is -0.383. The lowest BCUT2D eigenvalue weighted by Gasteiger charge is -2.30. The molecule has 3 rings (SSSR count). The van der Waals surface area contributed by atoms with Gasteiger partial charge < -0.3 is 0 Å². The molecule has 1 heterocycles. The highest BCUT2D eigenvalue weighted by molar-refractivity contribution is 5.93. The van der Waals surface area contributed by atoms with Crippen molar-refractivity contribution < 1.29 is 22.9 Å². The molecule has 1 fully saturated rings. The minimum atomic E-state index is -4.66. The van der Waals surface area contributed by atoms with Crippen LogP contribution in [0.4, 0.5) is 18.9 Å². The summed E-state index contributed by atoms with van der Waals surface area (Å²) in [4.78, 5) is 21.8. The largest absolute Gasteiger partial charge is 0.409 e. The minimum Gasteiger partial charge on any atom is -0.288 e. The van der Waals surface area contributed by atoms with Gasteiger partial charge in [0.1, 0.15) is 0 Å². The van der Waals surface area contributed by atoms with Gasteiger partial charge in [-0.15, -0.1) is 0 Å². The van der Waals surface area contributed by atoms with Crippen molar-refractivity contribution in [2.24, 2.45) is 0 Å². The average molecular weight is 339 g/mol. The van der Waals surface area contributed by atoms with Crippen molar-refractivity contribution in [1.29, 1.82) is 0 Å². The number of benzene rings is 2. The number of carbonyl (C=O) groups is 1. The first-order valence-corrected chi connectivity index (χ1v) is 7.08. The minimum absolute atomic E-state index is 0.0303. The zero-order valence-electron chi connectivity index (χ0n) is 12.2. The summed E-state index contributed by atoms with van der Waals surface area (Å²) < 4.78 is 40.9. The summed E-state index contributed by atoms with van der Waals surface area (Å²) in [7, 11) is 0. The van der Waals surface area contributed by atoms with E-state index >= 15 is 0 Å². The number of amides is 1. The molecule has 1 amide bonds. The van der Waals surface area contributed by atoms with Crippen LogP contribution in [-0.2, 0) is 4.79 Å². The monoisotopic (exact) mass is 339 g/mol. The Bertz CT molecular complexity index is 822. The number of hydrogen-bond acceptors (Lipinski definition) is 4. The number of nitro groups is 1. The summed E-state index contributed by atoms with van der Waals surface area (Å²) in [5, 5.41) is 12.2. The molecule has 2 aromatic carbocycles. The van der Waals surface area contributed by atoms with Crippen LogP contribution in [0.3, 0.4) is 0 Å². The van der Waals surface area contributed by atoms with E-state index in [4.69, 9.17) is 0 Å². The van der Waals surface area contributed by atoms with Gasteiger partial charge in [0.2, 0.25) is 5.91 Å². The second-order valence-corrected chi connectivity index (χ2v) is 5.40. The number of fused-ring (bicyclic) bond motifs is 1. The number of nitrogens with one attached hydrogen (secondary N) is 1. The summed E-state index contributed by atoms with van der Waals surface area (Å²) in [5.74, 6) is -0.490. The fourth-order valence-corrected chi connectivity index (χ4v) is 2.92. The van der Waals surface area contributed by atoms with Gasteiger partial charge in [-0.25, -0.2) is 5.01 Å². The molecule has 1 saturated heterocycles. The SMILES string of the molecule is O=C1CCN([C@@H](c2cccc3c([N+](=O)[O-])cccc23)C(F)(F)F)N1. The van der Waals surface area contributed by atoms with E-state index in [1.54, 1.807) is 0 Å². The van der Waals surface area contributed by atoms with Gasteiger partial charge in [-0.05, 0) is 17.0 Å². The van der Waals surface area contributed by atoms with Gasteiger partial charge in [0.15, 0.2) is 6.04 Å². The van der Waals surface area contributed by atoms with Crippen LogP contribution in [0.1, 0.15) is 18.0 Å². The van der Waals surface area contributed by atoms with E-state index in [2.05, 4.69) is 5.43 Å². The first kappa shape index (κ1) is 16.2. The zero-order chi connectivity index (χ0) is 17.5. The molecule has 2 aromatic rings. The maximum atomic E-state index is 13.6. The van der Waals surface area contributed by atoms with Gasteiger partial charge in [0, 0.05) is 19.0 Å². The molecule has 1 N–H and O–H groups in total. The topological polar surface area (TPSA) is 75.5 Å². The van der Waals surface area contributed by atoms with Crippen LogP contribution in [0.15, 0.2) is 36.4 Å². The number of nitro benzene ring substituents is 1. The van der Waals surface area contributed by atoms with Crippen molar-refractivity contribution in [2.45, 2.75) is 18.6 Å². The highest BCUT2D eigenvalue weighted by atomic mass is 19.4. The van der Waals surface area contributed by atoms with Crippen LogP contribution in [0.2, 0.25) is 0 Å². The van der Waals surface area contributed by atoms with Crippen LogP contribution in [0, 0.1) is 10.1 Å². The molecule has 1 aliphatic rings. The normalized spacial score (nSPS) is 17.0. The molecule has 0 unspecified atom stereocenters. The van der Waals surface area contributed by atoms with Crippen molar-refractivity contribution in [2.75, 3.05) is 6.54 Å². The average Bonchev–Trinajstić information content (AvgIpc) is 2.91. The number of hydrazine groups is 1. The predicted octanol–water partition coefficient (Wildman–Crippen LogP) is 3.09. The van der Waals surface area contributed by atoms with E-state index < -0.39 is 23.0 Å². The van der Waals surface area contributed by atoms with Crippen molar-refractivity contribution in [1.82, 2.24) is 10.4 Å². The van der Waals surface area contributed by atoms with Crippen molar-refractivity contribution in [3.05, 3.63) is 52.1 Å². The maximum absolute atomic E-state index is 13.6. The number of hydrogen-bond donors (Lipinski definition) is 1. The Hall–Kier alpha value is -2.68. The summed E-state index contributed by atoms with van der Waals surface area (Å²) >= 11 is 0. The Morgan fingerprint density at radius 3 is 2.42 bits per heavy atom. The molecule has 0 aliphatic carbocycles. The van der Waals surface area contributed by atoms with Crippen LogP contribution < -0.4 is 5.43 Å². The van der Waals surface area contributed by atoms with E-state index in [0.29, 0.717) is 0 Å². The highest BCUT2D eigenvalue weighted by Crippen LogP contribution is 2.41. The predicted molar refractivity (Wildman–Crippen MR) is 78.9 cm³/mol. The fourth-order valence-electron chi connectivity index (χ4n) is 2.92. The fraction of sp³-hybridized carbons (Fsp3) is 0.267. The molecule has 0 aromatic heterocycles. The number of rotatable bonds is 3. The molecule has 126 valence electrons. The van der Waals surface area contributed by atoms with Crippen LogP contribution >= 0.6 is 0 Å².